The summed E-state index contributed by atoms with van der Waals surface area (Å²) < 4.78 is 0. The van der Waals surface area contributed by atoms with Crippen LogP contribution < -0.4 is 4.90 Å². The molecule has 4 bridgehead atoms. The van der Waals surface area contributed by atoms with Crippen LogP contribution in [0.3, 0.4) is 0 Å². The van der Waals surface area contributed by atoms with Gasteiger partial charge in [0.2, 0.25) is 5.91 Å². The first-order valence-electron chi connectivity index (χ1n) is 13.1. The van der Waals surface area contributed by atoms with Crippen LogP contribution in [0.4, 0.5) is 5.69 Å². The Morgan fingerprint density at radius 3 is 2.18 bits per heavy atom. The Bertz CT molecular complexity index is 886. The molecule has 0 radical (unpaired) electrons. The van der Waals surface area contributed by atoms with Crippen LogP contribution in [0.2, 0.25) is 0 Å². The molecule has 1 aromatic rings. The highest BCUT2D eigenvalue weighted by Crippen LogP contribution is 2.46. The largest absolute Gasteiger partial charge is 0.478 e. The number of carboxylic acid groups (broad SMARTS) is 1. The summed E-state index contributed by atoms with van der Waals surface area (Å²) in [7, 11) is 0. The number of carbonyl (C=O) groups is 2. The number of nitrogens with zero attached hydrogens (tertiary/aromatic N) is 2. The third-order valence-electron chi connectivity index (χ3n) is 8.84. The SMILES string of the molecule is CC(=O)N(c1ccccc1/C=C/C(=O)O)C1C[C@H]2CCC[C@@H](C1)N2C1C[C@H]2CCC[C@@H](C1)C2. The van der Waals surface area contributed by atoms with Crippen LogP contribution in [-0.2, 0) is 9.59 Å². The van der Waals surface area contributed by atoms with E-state index in [2.05, 4.69) is 4.90 Å². The van der Waals surface area contributed by atoms with Gasteiger partial charge in [-0.2, -0.15) is 0 Å². The predicted octanol–water partition coefficient (Wildman–Crippen LogP) is 5.49. The molecule has 33 heavy (non-hydrogen) atoms. The van der Waals surface area contributed by atoms with E-state index in [0.717, 1.165) is 48.0 Å². The quantitative estimate of drug-likeness (QED) is 0.603. The number of anilines is 1. The Hall–Kier alpha value is -2.14. The van der Waals surface area contributed by atoms with Crippen molar-refractivity contribution in [3.05, 3.63) is 35.9 Å². The molecule has 4 aliphatic rings. The van der Waals surface area contributed by atoms with Crippen LogP contribution in [0, 0.1) is 11.8 Å². The van der Waals surface area contributed by atoms with Crippen molar-refractivity contribution in [3.8, 4) is 0 Å². The molecule has 2 heterocycles. The van der Waals surface area contributed by atoms with Crippen LogP contribution in [0.1, 0.15) is 83.1 Å². The fourth-order valence-corrected chi connectivity index (χ4v) is 7.77. The van der Waals surface area contributed by atoms with Crippen LogP contribution in [0.15, 0.2) is 30.3 Å². The number of benzene rings is 1. The first kappa shape index (κ1) is 22.6. The van der Waals surface area contributed by atoms with Crippen molar-refractivity contribution in [1.29, 1.82) is 0 Å². The third kappa shape index (κ3) is 4.75. The van der Waals surface area contributed by atoms with Gasteiger partial charge in [0.15, 0.2) is 0 Å². The van der Waals surface area contributed by atoms with Crippen molar-refractivity contribution >= 4 is 23.6 Å². The molecule has 0 aromatic heterocycles. The fraction of sp³-hybridized carbons (Fsp3) is 0.643. The first-order chi connectivity index (χ1) is 16.0. The molecule has 178 valence electrons. The van der Waals surface area contributed by atoms with E-state index in [1.807, 2.05) is 29.2 Å². The second-order valence-electron chi connectivity index (χ2n) is 11.0. The smallest absolute Gasteiger partial charge is 0.328 e. The second kappa shape index (κ2) is 9.61. The number of rotatable bonds is 5. The second-order valence-corrected chi connectivity index (χ2v) is 11.0. The van der Waals surface area contributed by atoms with Crippen molar-refractivity contribution in [2.24, 2.45) is 11.8 Å². The van der Waals surface area contributed by atoms with Crippen LogP contribution in [-0.4, -0.2) is 46.1 Å². The minimum Gasteiger partial charge on any atom is -0.478 e. The number of para-hydroxylation sites is 1. The maximum Gasteiger partial charge on any atom is 0.328 e. The topological polar surface area (TPSA) is 60.9 Å². The van der Waals surface area contributed by atoms with Gasteiger partial charge in [-0.3, -0.25) is 9.69 Å². The lowest BCUT2D eigenvalue weighted by molar-refractivity contribution is -0.131. The third-order valence-corrected chi connectivity index (χ3v) is 8.84. The average Bonchev–Trinajstić information content (AvgIpc) is 2.77. The minimum atomic E-state index is -0.973. The molecule has 2 aliphatic heterocycles. The molecule has 2 unspecified atom stereocenters. The summed E-state index contributed by atoms with van der Waals surface area (Å²) in [6, 6.07) is 9.76. The molecule has 1 amide bonds. The van der Waals surface area contributed by atoms with E-state index >= 15 is 0 Å². The Balaban J connectivity index is 1.39. The van der Waals surface area contributed by atoms with Gasteiger partial charge >= 0.3 is 5.97 Å². The number of carboxylic acids is 1. The van der Waals surface area contributed by atoms with E-state index < -0.39 is 5.97 Å². The highest BCUT2D eigenvalue weighted by atomic mass is 16.4. The average molecular weight is 451 g/mol. The Labute approximate surface area is 197 Å². The molecular formula is C28H38N2O3. The summed E-state index contributed by atoms with van der Waals surface area (Å²) in [5.41, 5.74) is 1.63. The number of carbonyl (C=O) groups excluding carboxylic acids is 1. The first-order valence-corrected chi connectivity index (χ1v) is 13.1. The van der Waals surface area contributed by atoms with Crippen molar-refractivity contribution < 1.29 is 14.7 Å². The number of aliphatic carboxylic acids is 1. The van der Waals surface area contributed by atoms with Gasteiger partial charge in [0.05, 0.1) is 5.69 Å². The predicted molar refractivity (Wildman–Crippen MR) is 131 cm³/mol. The minimum absolute atomic E-state index is 0.0508. The van der Waals surface area contributed by atoms with Gasteiger partial charge in [0.1, 0.15) is 0 Å². The van der Waals surface area contributed by atoms with Gasteiger partial charge in [-0.15, -0.1) is 0 Å². The molecule has 2 saturated heterocycles. The van der Waals surface area contributed by atoms with Crippen molar-refractivity contribution in [2.45, 2.75) is 102 Å². The summed E-state index contributed by atoms with van der Waals surface area (Å²) in [6.07, 6.45) is 17.1. The van der Waals surface area contributed by atoms with Crippen molar-refractivity contribution in [2.75, 3.05) is 4.90 Å². The molecule has 5 nitrogen and oxygen atoms in total. The van der Waals surface area contributed by atoms with E-state index in [-0.39, 0.29) is 11.9 Å². The summed E-state index contributed by atoms with van der Waals surface area (Å²) in [6.45, 7) is 1.65. The van der Waals surface area contributed by atoms with Gasteiger partial charge in [-0.05, 0) is 74.5 Å². The number of hydrogen-bond acceptors (Lipinski definition) is 3. The van der Waals surface area contributed by atoms with E-state index in [1.54, 1.807) is 13.0 Å². The zero-order valence-electron chi connectivity index (χ0n) is 19.9. The number of amides is 1. The number of hydrogen-bond donors (Lipinski definition) is 1. The standard InChI is InChI=1S/C28H38N2O3/c1-19(31)29(27-11-3-2-8-22(27)12-13-28(32)33)26-17-23-9-5-10-24(18-26)30(23)25-15-20-6-4-7-21(14-20)16-25/h2-3,8,11-13,20-21,23-26H,4-7,9-10,14-18H2,1H3,(H,32,33)/b13-12+/t20-,21+,23-,24+,25?,26?. The van der Waals surface area contributed by atoms with Gasteiger partial charge < -0.3 is 10.0 Å². The van der Waals surface area contributed by atoms with Crippen LogP contribution in [0.5, 0.6) is 0 Å². The molecule has 6 atom stereocenters. The zero-order chi connectivity index (χ0) is 22.9. The molecule has 2 saturated carbocycles. The van der Waals surface area contributed by atoms with Gasteiger partial charge in [0, 0.05) is 37.2 Å². The Morgan fingerprint density at radius 2 is 1.55 bits per heavy atom. The summed E-state index contributed by atoms with van der Waals surface area (Å²) in [5, 5.41) is 9.11. The van der Waals surface area contributed by atoms with E-state index in [0.29, 0.717) is 12.1 Å². The Kier molecular flexibility index (Phi) is 6.60. The van der Waals surface area contributed by atoms with Gasteiger partial charge in [-0.1, -0.05) is 43.9 Å². The van der Waals surface area contributed by atoms with Crippen LogP contribution in [0.25, 0.3) is 6.08 Å². The summed E-state index contributed by atoms with van der Waals surface area (Å²) >= 11 is 0. The molecule has 1 N–H and O–H groups in total. The fourth-order valence-electron chi connectivity index (χ4n) is 7.77. The van der Waals surface area contributed by atoms with E-state index in [9.17, 15) is 9.59 Å². The maximum absolute atomic E-state index is 12.9. The normalized spacial score (nSPS) is 34.2. The zero-order valence-corrected chi connectivity index (χ0v) is 19.9. The summed E-state index contributed by atoms with van der Waals surface area (Å²) in [5.74, 6) is 0.944. The molecule has 4 fully saturated rings. The molecule has 5 rings (SSSR count). The highest BCUT2D eigenvalue weighted by Gasteiger charge is 2.46. The Morgan fingerprint density at radius 1 is 0.909 bits per heavy atom. The molecule has 5 heteroatoms. The molecule has 0 spiro atoms. The highest BCUT2D eigenvalue weighted by molar-refractivity contribution is 5.95. The summed E-state index contributed by atoms with van der Waals surface area (Å²) in [4.78, 5) is 28.9. The van der Waals surface area contributed by atoms with Gasteiger partial charge in [-0.25, -0.2) is 4.79 Å². The number of piperidine rings is 2. The number of fused-ring (bicyclic) bond motifs is 4. The van der Waals surface area contributed by atoms with Gasteiger partial charge in [0.25, 0.3) is 0 Å². The molecular weight excluding hydrogens is 412 g/mol. The lowest BCUT2D eigenvalue weighted by Gasteiger charge is -2.56. The van der Waals surface area contributed by atoms with Crippen LogP contribution >= 0.6 is 0 Å². The lowest BCUT2D eigenvalue weighted by atomic mass is 9.68. The molecule has 1 aromatic carbocycles. The lowest BCUT2D eigenvalue weighted by Crippen LogP contribution is -2.61. The van der Waals surface area contributed by atoms with Crippen molar-refractivity contribution in [3.63, 3.8) is 0 Å². The van der Waals surface area contributed by atoms with E-state index in [1.165, 1.54) is 57.8 Å². The monoisotopic (exact) mass is 450 g/mol. The van der Waals surface area contributed by atoms with Crippen molar-refractivity contribution in [1.82, 2.24) is 4.90 Å². The maximum atomic E-state index is 12.9. The molecule has 2 aliphatic carbocycles. The van der Waals surface area contributed by atoms with E-state index in [4.69, 9.17) is 5.11 Å².